The second-order valence-corrected chi connectivity index (χ2v) is 8.42. The van der Waals surface area contributed by atoms with Crippen LogP contribution in [0.2, 0.25) is 0 Å². The topological polar surface area (TPSA) is 71.1 Å². The fourth-order valence-corrected chi connectivity index (χ4v) is 4.17. The monoisotopic (exact) mass is 433 g/mol. The molecule has 2 amide bonds. The van der Waals surface area contributed by atoms with Gasteiger partial charge in [0.2, 0.25) is 5.91 Å². The van der Waals surface area contributed by atoms with E-state index < -0.39 is 0 Å². The van der Waals surface area contributed by atoms with Crippen molar-refractivity contribution in [1.82, 2.24) is 10.3 Å². The Morgan fingerprint density at radius 3 is 2.39 bits per heavy atom. The van der Waals surface area contributed by atoms with Crippen LogP contribution in [-0.2, 0) is 11.2 Å². The molecule has 0 fully saturated rings. The zero-order valence-electron chi connectivity index (χ0n) is 18.1. The van der Waals surface area contributed by atoms with Crippen molar-refractivity contribution in [2.75, 3.05) is 17.6 Å². The van der Waals surface area contributed by atoms with Crippen LogP contribution in [-0.4, -0.2) is 29.1 Å². The van der Waals surface area contributed by atoms with Gasteiger partial charge in [0, 0.05) is 17.9 Å². The lowest BCUT2D eigenvalue weighted by Crippen LogP contribution is -2.27. The minimum absolute atomic E-state index is 0.0771. The van der Waals surface area contributed by atoms with Crippen LogP contribution in [0.1, 0.15) is 32.7 Å². The minimum Gasteiger partial charge on any atom is -0.355 e. The normalized spacial score (nSPS) is 10.5. The Morgan fingerprint density at radius 1 is 0.968 bits per heavy atom. The van der Waals surface area contributed by atoms with E-state index in [-0.39, 0.29) is 17.6 Å². The number of nitrogens with one attached hydrogen (secondary N) is 2. The molecule has 31 heavy (non-hydrogen) atoms. The summed E-state index contributed by atoms with van der Waals surface area (Å²) in [6, 6.07) is 19.6. The summed E-state index contributed by atoms with van der Waals surface area (Å²) >= 11 is 1.29. The van der Waals surface area contributed by atoms with Gasteiger partial charge >= 0.3 is 0 Å². The van der Waals surface area contributed by atoms with Gasteiger partial charge in [-0.3, -0.25) is 9.59 Å². The molecule has 0 unspecified atom stereocenters. The maximum Gasteiger partial charge on any atom is 0.258 e. The van der Waals surface area contributed by atoms with Crippen LogP contribution in [0.25, 0.3) is 0 Å². The molecule has 0 bridgehead atoms. The molecule has 0 aliphatic rings. The minimum atomic E-state index is -0.221. The summed E-state index contributed by atoms with van der Waals surface area (Å²) in [6.45, 7) is 6.35. The van der Waals surface area contributed by atoms with E-state index in [9.17, 15) is 9.59 Å². The number of rotatable bonds is 8. The number of anilines is 1. The third-order valence-corrected chi connectivity index (χ3v) is 5.74. The van der Waals surface area contributed by atoms with Crippen LogP contribution in [0, 0.1) is 20.8 Å². The van der Waals surface area contributed by atoms with Crippen molar-refractivity contribution in [3.63, 3.8) is 0 Å². The van der Waals surface area contributed by atoms with Crippen molar-refractivity contribution < 1.29 is 9.59 Å². The van der Waals surface area contributed by atoms with E-state index in [1.54, 1.807) is 0 Å². The lowest BCUT2D eigenvalue weighted by molar-refractivity contribution is -0.118. The van der Waals surface area contributed by atoms with Crippen LogP contribution in [0.5, 0.6) is 0 Å². The second kappa shape index (κ2) is 10.8. The van der Waals surface area contributed by atoms with Gasteiger partial charge in [-0.15, -0.1) is 0 Å². The SMILES string of the molecule is Cc1ccc(NC(=O)c2c(C)cc(C)nc2SCC(=O)NCCc2ccccc2)cc1. The third kappa shape index (κ3) is 6.69. The lowest BCUT2D eigenvalue weighted by atomic mass is 10.1. The van der Waals surface area contributed by atoms with Crippen LogP contribution in [0.3, 0.4) is 0 Å². The molecule has 0 aliphatic carbocycles. The summed E-state index contributed by atoms with van der Waals surface area (Å²) in [7, 11) is 0. The maximum atomic E-state index is 13.0. The number of hydrogen-bond donors (Lipinski definition) is 2. The Kier molecular flexibility index (Phi) is 7.84. The third-order valence-electron chi connectivity index (χ3n) is 4.77. The van der Waals surface area contributed by atoms with Crippen LogP contribution in [0.4, 0.5) is 5.69 Å². The van der Waals surface area contributed by atoms with Gasteiger partial charge < -0.3 is 10.6 Å². The Balaban J connectivity index is 1.62. The molecule has 3 rings (SSSR count). The number of carbonyl (C=O) groups excluding carboxylic acids is 2. The van der Waals surface area contributed by atoms with Gasteiger partial charge in [-0.1, -0.05) is 59.8 Å². The zero-order valence-corrected chi connectivity index (χ0v) is 18.9. The Labute approximate surface area is 187 Å². The quantitative estimate of drug-likeness (QED) is 0.505. The molecule has 1 aromatic heterocycles. The van der Waals surface area contributed by atoms with E-state index in [1.807, 2.05) is 81.4 Å². The first-order valence-electron chi connectivity index (χ1n) is 10.2. The van der Waals surface area contributed by atoms with E-state index >= 15 is 0 Å². The lowest BCUT2D eigenvalue weighted by Gasteiger charge is -2.13. The summed E-state index contributed by atoms with van der Waals surface area (Å²) in [6.07, 6.45) is 0.781. The van der Waals surface area contributed by atoms with E-state index in [2.05, 4.69) is 15.6 Å². The average molecular weight is 434 g/mol. The molecule has 0 atom stereocenters. The molecule has 5 nitrogen and oxygen atoms in total. The molecule has 0 saturated carbocycles. The summed E-state index contributed by atoms with van der Waals surface area (Å²) in [4.78, 5) is 29.8. The van der Waals surface area contributed by atoms with Crippen molar-refractivity contribution in [2.24, 2.45) is 0 Å². The summed E-state index contributed by atoms with van der Waals surface area (Å²) in [5, 5.41) is 6.44. The van der Waals surface area contributed by atoms with Crippen LogP contribution < -0.4 is 10.6 Å². The van der Waals surface area contributed by atoms with Crippen LogP contribution >= 0.6 is 11.8 Å². The van der Waals surface area contributed by atoms with Gasteiger partial charge in [-0.05, 0) is 56.5 Å². The van der Waals surface area contributed by atoms with E-state index in [0.717, 1.165) is 28.9 Å². The number of hydrogen-bond acceptors (Lipinski definition) is 4. The largest absolute Gasteiger partial charge is 0.355 e. The highest BCUT2D eigenvalue weighted by atomic mass is 32.2. The Bertz CT molecular complexity index is 1050. The van der Waals surface area contributed by atoms with E-state index in [1.165, 1.54) is 17.3 Å². The standard InChI is InChI=1S/C25H27N3O2S/c1-17-9-11-21(12-10-17)28-24(30)23-18(2)15-19(3)27-25(23)31-16-22(29)26-14-13-20-7-5-4-6-8-20/h4-12,15H,13-14,16H2,1-3H3,(H,26,29)(H,28,30). The molecule has 2 aromatic carbocycles. The highest BCUT2D eigenvalue weighted by Crippen LogP contribution is 2.25. The fraction of sp³-hybridized carbons (Fsp3) is 0.240. The zero-order chi connectivity index (χ0) is 22.2. The molecular formula is C25H27N3O2S. The smallest absolute Gasteiger partial charge is 0.258 e. The van der Waals surface area contributed by atoms with Gasteiger partial charge in [0.05, 0.1) is 11.3 Å². The molecule has 0 radical (unpaired) electrons. The molecule has 3 aromatic rings. The summed E-state index contributed by atoms with van der Waals surface area (Å²) in [5.74, 6) is -0.0946. The Morgan fingerprint density at radius 2 is 1.68 bits per heavy atom. The number of aromatic nitrogens is 1. The van der Waals surface area contributed by atoms with Crippen molar-refractivity contribution in [3.05, 3.63) is 88.6 Å². The van der Waals surface area contributed by atoms with Crippen molar-refractivity contribution in [1.29, 1.82) is 0 Å². The number of thioether (sulfide) groups is 1. The number of benzene rings is 2. The van der Waals surface area contributed by atoms with Gasteiger partial charge in [-0.2, -0.15) is 0 Å². The number of aryl methyl sites for hydroxylation is 3. The number of carbonyl (C=O) groups is 2. The molecule has 0 aliphatic heterocycles. The molecular weight excluding hydrogens is 406 g/mol. The molecule has 6 heteroatoms. The van der Waals surface area contributed by atoms with Gasteiger partial charge in [0.25, 0.3) is 5.91 Å². The van der Waals surface area contributed by atoms with Gasteiger partial charge in [-0.25, -0.2) is 4.98 Å². The Hall–Kier alpha value is -3.12. The molecule has 0 spiro atoms. The van der Waals surface area contributed by atoms with Gasteiger partial charge in [0.1, 0.15) is 5.03 Å². The van der Waals surface area contributed by atoms with Crippen molar-refractivity contribution in [3.8, 4) is 0 Å². The summed E-state index contributed by atoms with van der Waals surface area (Å²) in [5.41, 5.74) is 5.20. The first-order valence-corrected chi connectivity index (χ1v) is 11.2. The number of pyridine rings is 1. The maximum absolute atomic E-state index is 13.0. The van der Waals surface area contributed by atoms with E-state index in [4.69, 9.17) is 0 Å². The molecule has 0 saturated heterocycles. The molecule has 2 N–H and O–H groups in total. The highest BCUT2D eigenvalue weighted by Gasteiger charge is 2.18. The second-order valence-electron chi connectivity index (χ2n) is 7.46. The van der Waals surface area contributed by atoms with Crippen LogP contribution in [0.15, 0.2) is 65.7 Å². The number of nitrogens with zero attached hydrogens (tertiary/aromatic N) is 1. The predicted molar refractivity (Wildman–Crippen MR) is 127 cm³/mol. The summed E-state index contributed by atoms with van der Waals surface area (Å²) < 4.78 is 0. The first-order chi connectivity index (χ1) is 14.9. The highest BCUT2D eigenvalue weighted by molar-refractivity contribution is 8.00. The van der Waals surface area contributed by atoms with Gasteiger partial charge in [0.15, 0.2) is 0 Å². The van der Waals surface area contributed by atoms with Crippen molar-refractivity contribution >= 4 is 29.3 Å². The number of amides is 2. The van der Waals surface area contributed by atoms with Crippen molar-refractivity contribution in [2.45, 2.75) is 32.2 Å². The average Bonchev–Trinajstić information content (AvgIpc) is 2.74. The predicted octanol–water partition coefficient (Wildman–Crippen LogP) is 4.71. The molecule has 160 valence electrons. The molecule has 1 heterocycles. The first kappa shape index (κ1) is 22.6. The fourth-order valence-electron chi connectivity index (χ4n) is 3.19. The van der Waals surface area contributed by atoms with E-state index in [0.29, 0.717) is 17.1 Å².